The number of hydrogen-bond acceptors (Lipinski definition) is 4. The standard InChI is InChI=1S/C18H20N2O4/c1-4-9-24-15-6-7-16(12(2)11-15)19-18(21)14-5-8-17(20(22)23)13(3)10-14/h5-8,10-11H,4,9H2,1-3H3,(H,19,21). The summed E-state index contributed by atoms with van der Waals surface area (Å²) in [5.74, 6) is 0.455. The molecule has 2 rings (SSSR count). The molecule has 2 aromatic carbocycles. The summed E-state index contributed by atoms with van der Waals surface area (Å²) in [4.78, 5) is 22.7. The van der Waals surface area contributed by atoms with Gasteiger partial charge in [0, 0.05) is 22.9 Å². The zero-order chi connectivity index (χ0) is 17.7. The predicted molar refractivity (Wildman–Crippen MR) is 92.8 cm³/mol. The molecule has 0 aliphatic rings. The quantitative estimate of drug-likeness (QED) is 0.635. The lowest BCUT2D eigenvalue weighted by atomic mass is 10.1. The number of carbonyl (C=O) groups excluding carboxylic acids is 1. The number of aryl methyl sites for hydroxylation is 2. The Morgan fingerprint density at radius 2 is 1.92 bits per heavy atom. The SMILES string of the molecule is CCCOc1ccc(NC(=O)c2ccc([N+](=O)[O-])c(C)c2)c(C)c1. The molecule has 0 saturated heterocycles. The van der Waals surface area contributed by atoms with Crippen LogP contribution < -0.4 is 10.1 Å². The predicted octanol–water partition coefficient (Wildman–Crippen LogP) is 4.25. The van der Waals surface area contributed by atoms with Crippen LogP contribution in [-0.2, 0) is 0 Å². The molecule has 0 radical (unpaired) electrons. The first-order valence-corrected chi connectivity index (χ1v) is 7.72. The van der Waals surface area contributed by atoms with E-state index in [9.17, 15) is 14.9 Å². The molecule has 1 amide bonds. The molecule has 6 nitrogen and oxygen atoms in total. The third-order valence-electron chi connectivity index (χ3n) is 3.57. The van der Waals surface area contributed by atoms with Gasteiger partial charge in [-0.2, -0.15) is 0 Å². The zero-order valence-corrected chi connectivity index (χ0v) is 14.0. The van der Waals surface area contributed by atoms with Gasteiger partial charge in [-0.05, 0) is 56.2 Å². The minimum atomic E-state index is -0.462. The summed E-state index contributed by atoms with van der Waals surface area (Å²) in [7, 11) is 0. The van der Waals surface area contributed by atoms with Crippen molar-refractivity contribution < 1.29 is 14.5 Å². The summed E-state index contributed by atoms with van der Waals surface area (Å²) in [6.07, 6.45) is 0.928. The van der Waals surface area contributed by atoms with E-state index in [1.54, 1.807) is 19.1 Å². The van der Waals surface area contributed by atoms with Crippen molar-refractivity contribution >= 4 is 17.3 Å². The lowest BCUT2D eigenvalue weighted by Gasteiger charge is -2.11. The van der Waals surface area contributed by atoms with Crippen molar-refractivity contribution in [2.24, 2.45) is 0 Å². The van der Waals surface area contributed by atoms with Gasteiger partial charge in [0.15, 0.2) is 0 Å². The molecule has 0 saturated carbocycles. The molecular formula is C18H20N2O4. The first-order chi connectivity index (χ1) is 11.4. The highest BCUT2D eigenvalue weighted by Gasteiger charge is 2.14. The topological polar surface area (TPSA) is 81.5 Å². The molecule has 0 heterocycles. The van der Waals surface area contributed by atoms with Crippen molar-refractivity contribution in [3.8, 4) is 5.75 Å². The van der Waals surface area contributed by atoms with Gasteiger partial charge in [-0.1, -0.05) is 6.92 Å². The Morgan fingerprint density at radius 3 is 2.50 bits per heavy atom. The fraction of sp³-hybridized carbons (Fsp3) is 0.278. The number of benzene rings is 2. The molecule has 1 N–H and O–H groups in total. The summed E-state index contributed by atoms with van der Waals surface area (Å²) in [6, 6.07) is 9.77. The van der Waals surface area contributed by atoms with E-state index in [2.05, 4.69) is 5.32 Å². The molecule has 0 unspecified atom stereocenters. The van der Waals surface area contributed by atoms with Crippen LogP contribution in [0.15, 0.2) is 36.4 Å². The van der Waals surface area contributed by atoms with Gasteiger partial charge in [0.05, 0.1) is 11.5 Å². The number of hydrogen-bond donors (Lipinski definition) is 1. The smallest absolute Gasteiger partial charge is 0.272 e. The van der Waals surface area contributed by atoms with E-state index < -0.39 is 4.92 Å². The van der Waals surface area contributed by atoms with Gasteiger partial charge in [0.1, 0.15) is 5.75 Å². The van der Waals surface area contributed by atoms with Crippen molar-refractivity contribution in [2.45, 2.75) is 27.2 Å². The molecule has 24 heavy (non-hydrogen) atoms. The summed E-state index contributed by atoms with van der Waals surface area (Å²) in [5, 5.41) is 13.7. The van der Waals surface area contributed by atoms with Crippen LogP contribution in [0, 0.1) is 24.0 Å². The molecular weight excluding hydrogens is 308 g/mol. The molecule has 0 spiro atoms. The van der Waals surface area contributed by atoms with E-state index in [-0.39, 0.29) is 11.6 Å². The van der Waals surface area contributed by atoms with E-state index in [0.717, 1.165) is 17.7 Å². The molecule has 0 bridgehead atoms. The van der Waals surface area contributed by atoms with E-state index in [1.807, 2.05) is 19.9 Å². The average Bonchev–Trinajstić information content (AvgIpc) is 2.54. The molecule has 2 aromatic rings. The number of anilines is 1. The van der Waals surface area contributed by atoms with Crippen LogP contribution in [0.3, 0.4) is 0 Å². The van der Waals surface area contributed by atoms with Crippen molar-refractivity contribution in [1.29, 1.82) is 0 Å². The van der Waals surface area contributed by atoms with Crippen LogP contribution in [0.1, 0.15) is 34.8 Å². The van der Waals surface area contributed by atoms with E-state index >= 15 is 0 Å². The number of carbonyl (C=O) groups is 1. The fourth-order valence-corrected chi connectivity index (χ4v) is 2.28. The Labute approximate surface area is 140 Å². The third-order valence-corrected chi connectivity index (χ3v) is 3.57. The molecule has 126 valence electrons. The minimum Gasteiger partial charge on any atom is -0.494 e. The Kier molecular flexibility index (Phi) is 5.52. The van der Waals surface area contributed by atoms with Gasteiger partial charge in [0.25, 0.3) is 11.6 Å². The third kappa shape index (κ3) is 4.10. The van der Waals surface area contributed by atoms with Crippen LogP contribution >= 0.6 is 0 Å². The van der Waals surface area contributed by atoms with Gasteiger partial charge >= 0.3 is 0 Å². The van der Waals surface area contributed by atoms with Crippen molar-refractivity contribution in [3.05, 3.63) is 63.2 Å². The van der Waals surface area contributed by atoms with Gasteiger partial charge in [-0.15, -0.1) is 0 Å². The summed E-state index contributed by atoms with van der Waals surface area (Å²) >= 11 is 0. The van der Waals surface area contributed by atoms with Crippen LogP contribution in [-0.4, -0.2) is 17.4 Å². The van der Waals surface area contributed by atoms with Crippen molar-refractivity contribution in [1.82, 2.24) is 0 Å². The number of nitro benzene ring substituents is 1. The molecule has 6 heteroatoms. The number of nitrogens with one attached hydrogen (secondary N) is 1. The Balaban J connectivity index is 2.15. The second kappa shape index (κ2) is 7.59. The molecule has 0 aliphatic carbocycles. The van der Waals surface area contributed by atoms with Gasteiger partial charge in [-0.25, -0.2) is 0 Å². The van der Waals surface area contributed by atoms with Gasteiger partial charge < -0.3 is 10.1 Å². The lowest BCUT2D eigenvalue weighted by molar-refractivity contribution is -0.385. The Morgan fingerprint density at radius 1 is 1.17 bits per heavy atom. The summed E-state index contributed by atoms with van der Waals surface area (Å²) in [5.41, 5.74) is 2.40. The maximum absolute atomic E-state index is 12.3. The number of amides is 1. The summed E-state index contributed by atoms with van der Waals surface area (Å²) < 4.78 is 5.56. The van der Waals surface area contributed by atoms with E-state index in [1.165, 1.54) is 18.2 Å². The number of nitrogens with zero attached hydrogens (tertiary/aromatic N) is 1. The first kappa shape index (κ1) is 17.5. The zero-order valence-electron chi connectivity index (χ0n) is 14.0. The molecule has 0 fully saturated rings. The van der Waals surface area contributed by atoms with E-state index in [0.29, 0.717) is 23.4 Å². The van der Waals surface area contributed by atoms with Crippen LogP contribution in [0.25, 0.3) is 0 Å². The first-order valence-electron chi connectivity index (χ1n) is 7.72. The highest BCUT2D eigenvalue weighted by molar-refractivity contribution is 6.05. The highest BCUT2D eigenvalue weighted by atomic mass is 16.6. The number of ether oxygens (including phenoxy) is 1. The van der Waals surface area contributed by atoms with Crippen molar-refractivity contribution in [2.75, 3.05) is 11.9 Å². The molecule has 0 aliphatic heterocycles. The Bertz CT molecular complexity index is 772. The van der Waals surface area contributed by atoms with Crippen LogP contribution in [0.5, 0.6) is 5.75 Å². The van der Waals surface area contributed by atoms with Crippen LogP contribution in [0.2, 0.25) is 0 Å². The van der Waals surface area contributed by atoms with Crippen LogP contribution in [0.4, 0.5) is 11.4 Å². The largest absolute Gasteiger partial charge is 0.494 e. The maximum atomic E-state index is 12.3. The number of nitro groups is 1. The van der Waals surface area contributed by atoms with Gasteiger partial charge in [-0.3, -0.25) is 14.9 Å². The normalized spacial score (nSPS) is 10.3. The van der Waals surface area contributed by atoms with E-state index in [4.69, 9.17) is 4.74 Å². The lowest BCUT2D eigenvalue weighted by Crippen LogP contribution is -2.13. The van der Waals surface area contributed by atoms with Crippen molar-refractivity contribution in [3.63, 3.8) is 0 Å². The number of rotatable bonds is 6. The fourth-order valence-electron chi connectivity index (χ4n) is 2.28. The second-order valence-corrected chi connectivity index (χ2v) is 5.54. The summed E-state index contributed by atoms with van der Waals surface area (Å²) in [6.45, 7) is 6.18. The molecule has 0 aromatic heterocycles. The maximum Gasteiger partial charge on any atom is 0.272 e. The second-order valence-electron chi connectivity index (χ2n) is 5.54. The minimum absolute atomic E-state index is 0.000145. The monoisotopic (exact) mass is 328 g/mol. The Hall–Kier alpha value is -2.89. The molecule has 0 atom stereocenters. The average molecular weight is 328 g/mol. The highest BCUT2D eigenvalue weighted by Crippen LogP contribution is 2.23. The van der Waals surface area contributed by atoms with Gasteiger partial charge in [0.2, 0.25) is 0 Å².